The minimum atomic E-state index is -0.499. The third kappa shape index (κ3) is 4.36. The third-order valence-electron chi connectivity index (χ3n) is 9.15. The number of nitrogens with one attached hydrogen (secondary N) is 1. The average Bonchev–Trinajstić information content (AvgIpc) is 2.75. The zero-order chi connectivity index (χ0) is 22.2. The summed E-state index contributed by atoms with van der Waals surface area (Å²) in [5, 5.41) is 10.4. The summed E-state index contributed by atoms with van der Waals surface area (Å²) in [6.07, 6.45) is 10.8. The van der Waals surface area contributed by atoms with Crippen LogP contribution in [-0.2, 0) is 5.41 Å². The molecule has 178 valence electrons. The number of ether oxygens (including phenoxy) is 2. The molecular formula is C27H41ClN2O2. The Balaban J connectivity index is 0.00000289. The molecule has 2 atom stereocenters. The molecule has 5 rings (SSSR count). The molecule has 4 aliphatic carbocycles. The highest BCUT2D eigenvalue weighted by Crippen LogP contribution is 2.54. The summed E-state index contributed by atoms with van der Waals surface area (Å²) in [5.41, 5.74) is 1.07. The minimum Gasteiger partial charge on any atom is -1.00 e. The Kier molecular flexibility index (Phi) is 7.73. The number of hydrogen-bond acceptors (Lipinski definition) is 3. The van der Waals surface area contributed by atoms with E-state index >= 15 is 0 Å². The quantitative estimate of drug-likeness (QED) is 0.605. The van der Waals surface area contributed by atoms with Crippen molar-refractivity contribution in [2.24, 2.45) is 23.7 Å². The number of hydrogen-bond donors (Lipinski definition) is 1. The van der Waals surface area contributed by atoms with Crippen molar-refractivity contribution in [3.63, 3.8) is 0 Å². The van der Waals surface area contributed by atoms with Crippen LogP contribution in [0, 0.1) is 35.0 Å². The highest BCUT2D eigenvalue weighted by Gasteiger charge is 2.55. The van der Waals surface area contributed by atoms with E-state index < -0.39 is 5.41 Å². The molecule has 4 aliphatic rings. The first-order valence-corrected chi connectivity index (χ1v) is 12.3. The van der Waals surface area contributed by atoms with Crippen LogP contribution in [0.2, 0.25) is 0 Å². The summed E-state index contributed by atoms with van der Waals surface area (Å²) in [6, 6.07) is 8.73. The second-order valence-electron chi connectivity index (χ2n) is 11.1. The van der Waals surface area contributed by atoms with Crippen molar-refractivity contribution in [1.29, 1.82) is 5.26 Å². The first-order chi connectivity index (χ1) is 14.9. The number of benzene rings is 1. The predicted molar refractivity (Wildman–Crippen MR) is 124 cm³/mol. The van der Waals surface area contributed by atoms with E-state index in [9.17, 15) is 5.26 Å². The SMILES string of the molecule is COc1ccc(C(C#N)(CCC[NH+](C)C23CC4CC(CC(C4)C2)C3)C(C)C)cc1OC.[Cl-]. The lowest BCUT2D eigenvalue weighted by Gasteiger charge is -2.57. The van der Waals surface area contributed by atoms with Crippen LogP contribution in [-0.4, -0.2) is 33.4 Å². The molecule has 0 radical (unpaired) electrons. The summed E-state index contributed by atoms with van der Waals surface area (Å²) < 4.78 is 11.0. The van der Waals surface area contributed by atoms with Crippen LogP contribution < -0.4 is 26.8 Å². The fourth-order valence-electron chi connectivity index (χ4n) is 7.66. The number of methoxy groups -OCH3 is 2. The van der Waals surface area contributed by atoms with Gasteiger partial charge in [0, 0.05) is 19.3 Å². The molecule has 5 heteroatoms. The standard InChI is InChI=1S/C27H40N2O2.ClH/c1-19(2)27(18-28,23-7-8-24(30-4)25(14-23)31-5)9-6-10-29(3)26-15-20-11-21(16-26)13-22(12-20)17-26;/h7-8,14,19-22H,6,9-13,15-17H2,1-5H3;1H. The fraction of sp³-hybridized carbons (Fsp3) is 0.741. The largest absolute Gasteiger partial charge is 1.00 e. The molecule has 0 aromatic heterocycles. The summed E-state index contributed by atoms with van der Waals surface area (Å²) >= 11 is 0. The molecule has 1 aromatic carbocycles. The van der Waals surface area contributed by atoms with Gasteiger partial charge in [0.1, 0.15) is 0 Å². The van der Waals surface area contributed by atoms with E-state index in [2.05, 4.69) is 33.0 Å². The van der Waals surface area contributed by atoms with Crippen LogP contribution in [0.5, 0.6) is 11.5 Å². The summed E-state index contributed by atoms with van der Waals surface area (Å²) in [7, 11) is 5.75. The maximum atomic E-state index is 10.4. The fourth-order valence-corrected chi connectivity index (χ4v) is 7.66. The monoisotopic (exact) mass is 460 g/mol. The average molecular weight is 461 g/mol. The van der Waals surface area contributed by atoms with Crippen molar-refractivity contribution in [2.75, 3.05) is 27.8 Å². The molecule has 4 nitrogen and oxygen atoms in total. The van der Waals surface area contributed by atoms with E-state index in [1.54, 1.807) is 19.1 Å². The van der Waals surface area contributed by atoms with Crippen molar-refractivity contribution in [2.45, 2.75) is 76.2 Å². The molecule has 0 aliphatic heterocycles. The first-order valence-electron chi connectivity index (χ1n) is 12.3. The van der Waals surface area contributed by atoms with Crippen LogP contribution in [0.25, 0.3) is 0 Å². The van der Waals surface area contributed by atoms with Crippen LogP contribution in [0.3, 0.4) is 0 Å². The normalized spacial score (nSPS) is 30.8. The van der Waals surface area contributed by atoms with E-state index in [1.165, 1.54) is 38.5 Å². The first kappa shape index (κ1) is 25.2. The van der Waals surface area contributed by atoms with Crippen LogP contribution >= 0.6 is 0 Å². The zero-order valence-electron chi connectivity index (χ0n) is 20.5. The summed E-state index contributed by atoms with van der Waals surface area (Å²) in [5.74, 6) is 4.62. The number of rotatable bonds is 9. The third-order valence-corrected chi connectivity index (χ3v) is 9.15. The molecule has 1 N–H and O–H groups in total. The van der Waals surface area contributed by atoms with Gasteiger partial charge >= 0.3 is 0 Å². The molecule has 0 heterocycles. The van der Waals surface area contributed by atoms with Crippen molar-refractivity contribution in [3.8, 4) is 17.6 Å². The van der Waals surface area contributed by atoms with Gasteiger partial charge in [0.15, 0.2) is 11.5 Å². The van der Waals surface area contributed by atoms with Crippen molar-refractivity contribution < 1.29 is 26.8 Å². The number of halogens is 1. The van der Waals surface area contributed by atoms with E-state index in [-0.39, 0.29) is 18.3 Å². The molecule has 4 saturated carbocycles. The van der Waals surface area contributed by atoms with Gasteiger partial charge in [-0.15, -0.1) is 0 Å². The number of nitrogens with zero attached hydrogens (tertiary/aromatic N) is 1. The second kappa shape index (κ2) is 9.82. The molecule has 4 fully saturated rings. The Morgan fingerprint density at radius 3 is 2.09 bits per heavy atom. The van der Waals surface area contributed by atoms with Crippen molar-refractivity contribution in [3.05, 3.63) is 23.8 Å². The highest BCUT2D eigenvalue weighted by molar-refractivity contribution is 5.47. The van der Waals surface area contributed by atoms with Gasteiger partial charge in [0.05, 0.1) is 44.8 Å². The van der Waals surface area contributed by atoms with Crippen LogP contribution in [0.1, 0.15) is 70.8 Å². The predicted octanol–water partition coefficient (Wildman–Crippen LogP) is 1.39. The molecule has 2 unspecified atom stereocenters. The topological polar surface area (TPSA) is 46.7 Å². The number of nitriles is 1. The van der Waals surface area contributed by atoms with E-state index in [1.807, 2.05) is 12.1 Å². The molecular weight excluding hydrogens is 420 g/mol. The summed E-state index contributed by atoms with van der Waals surface area (Å²) in [4.78, 5) is 1.73. The molecule has 32 heavy (non-hydrogen) atoms. The Morgan fingerprint density at radius 1 is 1.06 bits per heavy atom. The maximum Gasteiger partial charge on any atom is 0.161 e. The zero-order valence-corrected chi connectivity index (χ0v) is 21.3. The Morgan fingerprint density at radius 2 is 1.62 bits per heavy atom. The smallest absolute Gasteiger partial charge is 0.161 e. The Bertz CT molecular complexity index is 798. The Hall–Kier alpha value is -1.44. The lowest BCUT2D eigenvalue weighted by molar-refractivity contribution is -0.941. The van der Waals surface area contributed by atoms with Gasteiger partial charge in [-0.25, -0.2) is 0 Å². The molecule has 4 bridgehead atoms. The molecule has 0 amide bonds. The van der Waals surface area contributed by atoms with Gasteiger partial charge in [-0.2, -0.15) is 5.26 Å². The van der Waals surface area contributed by atoms with E-state index in [0.29, 0.717) is 17.0 Å². The van der Waals surface area contributed by atoms with Gasteiger partial charge in [0.25, 0.3) is 0 Å². The molecule has 0 saturated heterocycles. The van der Waals surface area contributed by atoms with Gasteiger partial charge in [-0.05, 0) is 73.5 Å². The van der Waals surface area contributed by atoms with E-state index in [0.717, 1.165) is 42.7 Å². The number of quaternary nitrogens is 1. The minimum absolute atomic E-state index is 0. The van der Waals surface area contributed by atoms with Crippen molar-refractivity contribution in [1.82, 2.24) is 0 Å². The van der Waals surface area contributed by atoms with Crippen LogP contribution in [0.4, 0.5) is 0 Å². The second-order valence-corrected chi connectivity index (χ2v) is 11.1. The molecule has 0 spiro atoms. The van der Waals surface area contributed by atoms with Crippen molar-refractivity contribution >= 4 is 0 Å². The summed E-state index contributed by atoms with van der Waals surface area (Å²) in [6.45, 7) is 5.51. The Labute approximate surface area is 201 Å². The molecule has 1 aromatic rings. The lowest BCUT2D eigenvalue weighted by Crippen LogP contribution is -3.18. The van der Waals surface area contributed by atoms with Gasteiger partial charge in [0.2, 0.25) is 0 Å². The van der Waals surface area contributed by atoms with Gasteiger partial charge < -0.3 is 26.8 Å². The van der Waals surface area contributed by atoms with Gasteiger partial charge in [-0.3, -0.25) is 0 Å². The maximum absolute atomic E-state index is 10.4. The van der Waals surface area contributed by atoms with E-state index in [4.69, 9.17) is 9.47 Å². The van der Waals surface area contributed by atoms with Gasteiger partial charge in [-0.1, -0.05) is 19.9 Å². The highest BCUT2D eigenvalue weighted by atomic mass is 35.5. The lowest BCUT2D eigenvalue weighted by atomic mass is 9.52. The van der Waals surface area contributed by atoms with Crippen LogP contribution in [0.15, 0.2) is 18.2 Å².